The molecule has 2 aromatic rings. The zero-order valence-electron chi connectivity index (χ0n) is 15.7. The fraction of sp³-hybridized carbons (Fsp3) is 0.450. The monoisotopic (exact) mass is 372 g/mol. The number of benzene rings is 1. The zero-order chi connectivity index (χ0) is 18.8. The Labute approximate surface area is 160 Å². The molecule has 6 heteroatoms. The van der Waals surface area contributed by atoms with Crippen molar-refractivity contribution in [3.63, 3.8) is 0 Å². The summed E-state index contributed by atoms with van der Waals surface area (Å²) in [6.45, 7) is 4.68. The van der Waals surface area contributed by atoms with Gasteiger partial charge in [-0.15, -0.1) is 0 Å². The molecule has 2 heterocycles. The van der Waals surface area contributed by atoms with E-state index in [1.165, 1.54) is 0 Å². The number of rotatable bonds is 4. The molecular formula is C20H25ClN4O. The van der Waals surface area contributed by atoms with Gasteiger partial charge in [0.15, 0.2) is 0 Å². The Morgan fingerprint density at radius 1 is 1.27 bits per heavy atom. The minimum Gasteiger partial charge on any atom is -0.347 e. The molecular weight excluding hydrogens is 348 g/mol. The van der Waals surface area contributed by atoms with E-state index >= 15 is 0 Å². The van der Waals surface area contributed by atoms with Crippen molar-refractivity contribution in [1.29, 1.82) is 0 Å². The lowest BCUT2D eigenvalue weighted by atomic mass is 9.99. The highest BCUT2D eigenvalue weighted by Crippen LogP contribution is 2.38. The van der Waals surface area contributed by atoms with E-state index in [0.717, 1.165) is 36.2 Å². The van der Waals surface area contributed by atoms with Crippen molar-refractivity contribution in [3.05, 3.63) is 41.2 Å². The fourth-order valence-corrected chi connectivity index (χ4v) is 3.48. The van der Waals surface area contributed by atoms with Gasteiger partial charge in [-0.25, -0.2) is 9.97 Å². The van der Waals surface area contributed by atoms with E-state index in [1.54, 1.807) is 0 Å². The van der Waals surface area contributed by atoms with Crippen LogP contribution in [0, 0.1) is 5.92 Å². The molecule has 1 saturated heterocycles. The lowest BCUT2D eigenvalue weighted by Gasteiger charge is -2.28. The number of carbonyl (C=O) groups is 1. The Hall–Kier alpha value is -2.14. The van der Waals surface area contributed by atoms with Gasteiger partial charge in [0, 0.05) is 43.3 Å². The Kier molecular flexibility index (Phi) is 5.47. The van der Waals surface area contributed by atoms with Crippen molar-refractivity contribution >= 4 is 23.5 Å². The van der Waals surface area contributed by atoms with Crippen LogP contribution in [0.4, 0.5) is 5.95 Å². The molecule has 5 nitrogen and oxygen atoms in total. The van der Waals surface area contributed by atoms with Crippen molar-refractivity contribution in [3.8, 4) is 11.1 Å². The van der Waals surface area contributed by atoms with Gasteiger partial charge in [0.2, 0.25) is 11.9 Å². The van der Waals surface area contributed by atoms with Gasteiger partial charge in [0.1, 0.15) is 0 Å². The highest BCUT2D eigenvalue weighted by molar-refractivity contribution is 6.30. The number of anilines is 1. The average molecular weight is 373 g/mol. The van der Waals surface area contributed by atoms with Crippen molar-refractivity contribution in [2.75, 3.05) is 25.5 Å². The van der Waals surface area contributed by atoms with Gasteiger partial charge < -0.3 is 9.80 Å². The molecule has 0 bridgehead atoms. The molecule has 0 aliphatic carbocycles. The first kappa shape index (κ1) is 18.6. The number of carbonyl (C=O) groups excluding carboxylic acids is 1. The molecule has 1 aliphatic rings. The molecule has 138 valence electrons. The fourth-order valence-electron chi connectivity index (χ4n) is 3.35. The van der Waals surface area contributed by atoms with E-state index in [1.807, 2.05) is 68.2 Å². The molecule has 1 amide bonds. The summed E-state index contributed by atoms with van der Waals surface area (Å²) in [5, 5.41) is 0.693. The predicted octanol–water partition coefficient (Wildman–Crippen LogP) is 4.18. The van der Waals surface area contributed by atoms with E-state index in [-0.39, 0.29) is 17.9 Å². The Bertz CT molecular complexity index is 789. The largest absolute Gasteiger partial charge is 0.347 e. The first-order valence-electron chi connectivity index (χ1n) is 8.99. The van der Waals surface area contributed by atoms with Crippen LogP contribution in [0.25, 0.3) is 11.1 Å². The number of nitrogens with zero attached hydrogens (tertiary/aromatic N) is 4. The first-order chi connectivity index (χ1) is 12.4. The maximum atomic E-state index is 12.7. The molecule has 1 fully saturated rings. The van der Waals surface area contributed by atoms with E-state index in [2.05, 4.69) is 4.98 Å². The Morgan fingerprint density at radius 3 is 2.58 bits per heavy atom. The normalized spacial score (nSPS) is 17.0. The third-order valence-electron chi connectivity index (χ3n) is 4.71. The molecule has 0 N–H and O–H groups in total. The topological polar surface area (TPSA) is 49.3 Å². The second kappa shape index (κ2) is 7.62. The van der Waals surface area contributed by atoms with Gasteiger partial charge >= 0.3 is 0 Å². The molecule has 1 aromatic heterocycles. The predicted molar refractivity (Wildman–Crippen MR) is 105 cm³/mol. The molecule has 1 aromatic carbocycles. The van der Waals surface area contributed by atoms with Crippen molar-refractivity contribution in [2.24, 2.45) is 5.92 Å². The van der Waals surface area contributed by atoms with Crippen LogP contribution < -0.4 is 4.90 Å². The highest BCUT2D eigenvalue weighted by Gasteiger charge is 2.34. The molecule has 26 heavy (non-hydrogen) atoms. The molecule has 1 aliphatic heterocycles. The summed E-state index contributed by atoms with van der Waals surface area (Å²) in [7, 11) is 3.85. The van der Waals surface area contributed by atoms with Crippen LogP contribution in [0.2, 0.25) is 5.02 Å². The van der Waals surface area contributed by atoms with Crippen LogP contribution in [-0.2, 0) is 4.79 Å². The van der Waals surface area contributed by atoms with Gasteiger partial charge in [-0.1, -0.05) is 37.6 Å². The smallest absolute Gasteiger partial charge is 0.225 e. The van der Waals surface area contributed by atoms with Gasteiger partial charge in [-0.2, -0.15) is 0 Å². The summed E-state index contributed by atoms with van der Waals surface area (Å²) in [6.07, 6.45) is 3.77. The van der Waals surface area contributed by atoms with E-state index < -0.39 is 0 Å². The summed E-state index contributed by atoms with van der Waals surface area (Å²) in [6, 6.07) is 7.67. The van der Waals surface area contributed by atoms with Gasteiger partial charge in [0.05, 0.1) is 11.7 Å². The highest BCUT2D eigenvalue weighted by atomic mass is 35.5. The van der Waals surface area contributed by atoms with Gasteiger partial charge in [-0.3, -0.25) is 4.79 Å². The molecule has 0 saturated carbocycles. The Morgan fingerprint density at radius 2 is 1.96 bits per heavy atom. The van der Waals surface area contributed by atoms with Crippen LogP contribution in [0.3, 0.4) is 0 Å². The van der Waals surface area contributed by atoms with Gasteiger partial charge in [-0.05, 0) is 30.5 Å². The maximum absolute atomic E-state index is 12.7. The summed E-state index contributed by atoms with van der Waals surface area (Å²) in [5.41, 5.74) is 2.89. The summed E-state index contributed by atoms with van der Waals surface area (Å²) in [5.74, 6) is 0.811. The standard InChI is InChI=1S/C20H25ClN4O/c1-13(2)19(26)25-11-5-6-17(25)18-16(12-22-20(23-18)24(3)4)14-7-9-15(21)10-8-14/h7-10,12-13,17H,5-6,11H2,1-4H3/t17-/m0/s1. The first-order valence-corrected chi connectivity index (χ1v) is 9.37. The lowest BCUT2D eigenvalue weighted by Crippen LogP contribution is -2.34. The van der Waals surface area contributed by atoms with Crippen molar-refractivity contribution in [1.82, 2.24) is 14.9 Å². The summed E-state index contributed by atoms with van der Waals surface area (Å²) in [4.78, 5) is 25.9. The number of amides is 1. The van der Waals surface area contributed by atoms with Crippen LogP contribution in [0.1, 0.15) is 38.4 Å². The molecule has 0 unspecified atom stereocenters. The van der Waals surface area contributed by atoms with Gasteiger partial charge in [0.25, 0.3) is 0 Å². The van der Waals surface area contributed by atoms with Crippen molar-refractivity contribution in [2.45, 2.75) is 32.7 Å². The van der Waals surface area contributed by atoms with E-state index in [4.69, 9.17) is 16.6 Å². The summed E-state index contributed by atoms with van der Waals surface area (Å²) >= 11 is 6.04. The molecule has 0 radical (unpaired) electrons. The lowest BCUT2D eigenvalue weighted by molar-refractivity contribution is -0.135. The second-order valence-corrected chi connectivity index (χ2v) is 7.65. The van der Waals surface area contributed by atoms with Crippen LogP contribution in [0.15, 0.2) is 30.5 Å². The SMILES string of the molecule is CC(C)C(=O)N1CCC[C@H]1c1nc(N(C)C)ncc1-c1ccc(Cl)cc1. The number of aromatic nitrogens is 2. The number of halogens is 1. The number of hydrogen-bond acceptors (Lipinski definition) is 4. The molecule has 1 atom stereocenters. The van der Waals surface area contributed by atoms with Crippen molar-refractivity contribution < 1.29 is 4.79 Å². The third kappa shape index (κ3) is 3.68. The van der Waals surface area contributed by atoms with Crippen LogP contribution in [0.5, 0.6) is 0 Å². The van der Waals surface area contributed by atoms with E-state index in [9.17, 15) is 4.79 Å². The average Bonchev–Trinajstić information content (AvgIpc) is 3.10. The quantitative estimate of drug-likeness (QED) is 0.807. The van der Waals surface area contributed by atoms with Crippen LogP contribution >= 0.6 is 11.6 Å². The zero-order valence-corrected chi connectivity index (χ0v) is 16.5. The second-order valence-electron chi connectivity index (χ2n) is 7.21. The van der Waals surface area contributed by atoms with E-state index in [0.29, 0.717) is 11.0 Å². The number of likely N-dealkylation sites (tertiary alicyclic amines) is 1. The molecule has 3 rings (SSSR count). The Balaban J connectivity index is 2.09. The summed E-state index contributed by atoms with van der Waals surface area (Å²) < 4.78 is 0. The minimum atomic E-state index is -0.0234. The van der Waals surface area contributed by atoms with Crippen LogP contribution in [-0.4, -0.2) is 41.4 Å². The molecule has 0 spiro atoms. The minimum absolute atomic E-state index is 0.0164. The third-order valence-corrected chi connectivity index (χ3v) is 4.96. The number of hydrogen-bond donors (Lipinski definition) is 0. The maximum Gasteiger partial charge on any atom is 0.225 e.